The van der Waals surface area contributed by atoms with Crippen LogP contribution in [0.4, 0.5) is 5.69 Å². The highest BCUT2D eigenvalue weighted by Crippen LogP contribution is 2.09. The quantitative estimate of drug-likeness (QED) is 0.810. The van der Waals surface area contributed by atoms with E-state index in [4.69, 9.17) is 5.73 Å². The summed E-state index contributed by atoms with van der Waals surface area (Å²) in [5, 5.41) is 4.53. The predicted octanol–water partition coefficient (Wildman–Crippen LogP) is 2.62. The molecular formula is C15H22N4. The minimum atomic E-state index is 0.820. The molecular weight excluding hydrogens is 236 g/mol. The number of nitrogens with zero attached hydrogens (tertiary/aromatic N) is 3. The third-order valence-electron chi connectivity index (χ3n) is 3.24. The first kappa shape index (κ1) is 13.6. The molecule has 2 aromatic rings. The number of benzene rings is 1. The summed E-state index contributed by atoms with van der Waals surface area (Å²) in [4.78, 5) is 4.52. The molecule has 0 aliphatic carbocycles. The van der Waals surface area contributed by atoms with Crippen molar-refractivity contribution in [3.63, 3.8) is 0 Å². The van der Waals surface area contributed by atoms with Crippen molar-refractivity contribution in [2.45, 2.75) is 46.1 Å². The molecule has 4 nitrogen and oxygen atoms in total. The Morgan fingerprint density at radius 3 is 2.47 bits per heavy atom. The Hall–Kier alpha value is -1.84. The van der Waals surface area contributed by atoms with Gasteiger partial charge in [-0.25, -0.2) is 9.67 Å². The molecule has 0 saturated heterocycles. The Morgan fingerprint density at radius 1 is 1.11 bits per heavy atom. The van der Waals surface area contributed by atoms with E-state index < -0.39 is 0 Å². The van der Waals surface area contributed by atoms with Crippen molar-refractivity contribution in [3.05, 3.63) is 41.5 Å². The Kier molecular flexibility index (Phi) is 4.55. The molecule has 0 unspecified atom stereocenters. The van der Waals surface area contributed by atoms with Gasteiger partial charge in [0.15, 0.2) is 5.82 Å². The molecule has 0 spiro atoms. The number of rotatable bonds is 6. The average molecular weight is 258 g/mol. The molecule has 0 radical (unpaired) electrons. The summed E-state index contributed by atoms with van der Waals surface area (Å²) >= 11 is 0. The van der Waals surface area contributed by atoms with Crippen molar-refractivity contribution in [2.75, 3.05) is 5.73 Å². The fraction of sp³-hybridized carbons (Fsp3) is 0.467. The first-order valence-electron chi connectivity index (χ1n) is 7.00. The van der Waals surface area contributed by atoms with Gasteiger partial charge in [-0.15, -0.1) is 0 Å². The smallest absolute Gasteiger partial charge is 0.150 e. The molecule has 4 heteroatoms. The highest BCUT2D eigenvalue weighted by molar-refractivity contribution is 5.39. The third kappa shape index (κ3) is 3.56. The monoisotopic (exact) mass is 258 g/mol. The van der Waals surface area contributed by atoms with Crippen molar-refractivity contribution < 1.29 is 0 Å². The second-order valence-electron chi connectivity index (χ2n) is 4.72. The lowest BCUT2D eigenvalue weighted by Gasteiger charge is -2.05. The zero-order valence-electron chi connectivity index (χ0n) is 11.8. The number of nitrogen functional groups attached to an aromatic ring is 1. The molecule has 0 saturated carbocycles. The van der Waals surface area contributed by atoms with E-state index in [1.165, 1.54) is 5.56 Å². The molecule has 102 valence electrons. The number of nitrogens with two attached hydrogens (primary N) is 1. The first-order chi connectivity index (χ1) is 9.22. The number of aromatic nitrogens is 3. The minimum absolute atomic E-state index is 0.820. The Bertz CT molecular complexity index is 513. The lowest BCUT2D eigenvalue weighted by molar-refractivity contribution is 0.549. The molecule has 2 rings (SSSR count). The number of hydrogen-bond acceptors (Lipinski definition) is 3. The molecule has 0 bridgehead atoms. The molecule has 19 heavy (non-hydrogen) atoms. The van der Waals surface area contributed by atoms with Gasteiger partial charge in [0.25, 0.3) is 0 Å². The van der Waals surface area contributed by atoms with Gasteiger partial charge in [-0.05, 0) is 30.5 Å². The van der Waals surface area contributed by atoms with Gasteiger partial charge in [0.2, 0.25) is 0 Å². The third-order valence-corrected chi connectivity index (χ3v) is 3.24. The van der Waals surface area contributed by atoms with Crippen LogP contribution in [0.25, 0.3) is 0 Å². The molecule has 1 aromatic heterocycles. The van der Waals surface area contributed by atoms with Gasteiger partial charge in [0.05, 0.1) is 0 Å². The standard InChI is InChI=1S/C15H22N4/c1-3-14-17-15(4-2)19(18-14)11-5-6-12-7-9-13(16)10-8-12/h7-10H,3-6,11,16H2,1-2H3. The van der Waals surface area contributed by atoms with Crippen molar-refractivity contribution in [3.8, 4) is 0 Å². The molecule has 1 aromatic carbocycles. The van der Waals surface area contributed by atoms with Crippen molar-refractivity contribution in [2.24, 2.45) is 0 Å². The largest absolute Gasteiger partial charge is 0.399 e. The normalized spacial score (nSPS) is 10.8. The van der Waals surface area contributed by atoms with E-state index in [1.54, 1.807) is 0 Å². The van der Waals surface area contributed by atoms with Gasteiger partial charge in [-0.3, -0.25) is 0 Å². The van der Waals surface area contributed by atoms with Crippen LogP contribution < -0.4 is 5.73 Å². The fourth-order valence-corrected chi connectivity index (χ4v) is 2.13. The summed E-state index contributed by atoms with van der Waals surface area (Å²) in [6.07, 6.45) is 3.96. The fourth-order valence-electron chi connectivity index (χ4n) is 2.13. The molecule has 0 fully saturated rings. The van der Waals surface area contributed by atoms with E-state index in [0.717, 1.165) is 49.6 Å². The molecule has 1 heterocycles. The van der Waals surface area contributed by atoms with Gasteiger partial charge in [-0.1, -0.05) is 26.0 Å². The van der Waals surface area contributed by atoms with Crippen LogP contribution in [-0.4, -0.2) is 14.8 Å². The average Bonchev–Trinajstić information content (AvgIpc) is 2.83. The maximum absolute atomic E-state index is 5.68. The van der Waals surface area contributed by atoms with Gasteiger partial charge >= 0.3 is 0 Å². The van der Waals surface area contributed by atoms with Crippen LogP contribution in [0, 0.1) is 0 Å². The summed E-state index contributed by atoms with van der Waals surface area (Å²) in [5.41, 5.74) is 7.82. The summed E-state index contributed by atoms with van der Waals surface area (Å²) in [7, 11) is 0. The summed E-state index contributed by atoms with van der Waals surface area (Å²) in [6.45, 7) is 5.15. The Labute approximate surface area is 114 Å². The molecule has 0 aliphatic rings. The van der Waals surface area contributed by atoms with E-state index in [1.807, 2.05) is 12.1 Å². The van der Waals surface area contributed by atoms with E-state index in [2.05, 4.69) is 40.7 Å². The van der Waals surface area contributed by atoms with Gasteiger partial charge in [0, 0.05) is 25.1 Å². The van der Waals surface area contributed by atoms with Crippen LogP contribution in [0.5, 0.6) is 0 Å². The predicted molar refractivity (Wildman–Crippen MR) is 78.0 cm³/mol. The van der Waals surface area contributed by atoms with Crippen LogP contribution in [0.15, 0.2) is 24.3 Å². The molecule has 0 atom stereocenters. The van der Waals surface area contributed by atoms with Crippen LogP contribution in [0.1, 0.15) is 37.5 Å². The van der Waals surface area contributed by atoms with E-state index in [-0.39, 0.29) is 0 Å². The Morgan fingerprint density at radius 2 is 1.84 bits per heavy atom. The summed E-state index contributed by atoms with van der Waals surface area (Å²) in [5.74, 6) is 2.04. The zero-order chi connectivity index (χ0) is 13.7. The summed E-state index contributed by atoms with van der Waals surface area (Å²) < 4.78 is 2.05. The van der Waals surface area contributed by atoms with Gasteiger partial charge in [-0.2, -0.15) is 5.10 Å². The van der Waals surface area contributed by atoms with Crippen LogP contribution in [0.2, 0.25) is 0 Å². The second kappa shape index (κ2) is 6.36. The van der Waals surface area contributed by atoms with E-state index >= 15 is 0 Å². The van der Waals surface area contributed by atoms with Crippen molar-refractivity contribution in [1.29, 1.82) is 0 Å². The van der Waals surface area contributed by atoms with Crippen LogP contribution in [-0.2, 0) is 25.8 Å². The maximum atomic E-state index is 5.68. The molecule has 2 N–H and O–H groups in total. The zero-order valence-corrected chi connectivity index (χ0v) is 11.8. The van der Waals surface area contributed by atoms with E-state index in [0.29, 0.717) is 0 Å². The van der Waals surface area contributed by atoms with Gasteiger partial charge in [0.1, 0.15) is 5.82 Å². The van der Waals surface area contributed by atoms with Crippen molar-refractivity contribution >= 4 is 5.69 Å². The first-order valence-corrected chi connectivity index (χ1v) is 7.00. The second-order valence-corrected chi connectivity index (χ2v) is 4.72. The number of anilines is 1. The minimum Gasteiger partial charge on any atom is -0.399 e. The maximum Gasteiger partial charge on any atom is 0.150 e. The number of aryl methyl sites for hydroxylation is 4. The highest BCUT2D eigenvalue weighted by Gasteiger charge is 2.06. The van der Waals surface area contributed by atoms with E-state index in [9.17, 15) is 0 Å². The van der Waals surface area contributed by atoms with Crippen LogP contribution in [0.3, 0.4) is 0 Å². The Balaban J connectivity index is 1.91. The molecule has 0 aliphatic heterocycles. The SMILES string of the molecule is CCc1nc(CC)n(CCCc2ccc(N)cc2)n1. The van der Waals surface area contributed by atoms with Gasteiger partial charge < -0.3 is 5.73 Å². The topological polar surface area (TPSA) is 56.7 Å². The van der Waals surface area contributed by atoms with Crippen LogP contribution >= 0.6 is 0 Å². The van der Waals surface area contributed by atoms with Crippen molar-refractivity contribution in [1.82, 2.24) is 14.8 Å². The number of hydrogen-bond donors (Lipinski definition) is 1. The highest BCUT2D eigenvalue weighted by atomic mass is 15.3. The lowest BCUT2D eigenvalue weighted by atomic mass is 10.1. The summed E-state index contributed by atoms with van der Waals surface area (Å²) in [6, 6.07) is 8.10. The molecule has 0 amide bonds. The lowest BCUT2D eigenvalue weighted by Crippen LogP contribution is -2.06.